The number of hydrogen-bond donors (Lipinski definition) is 3. The molecule has 9 nitrogen and oxygen atoms in total. The van der Waals surface area contributed by atoms with Crippen LogP contribution in [0.3, 0.4) is 0 Å². The van der Waals surface area contributed by atoms with Gasteiger partial charge < -0.3 is 15.3 Å². The Kier molecular flexibility index (Phi) is 4.11. The summed E-state index contributed by atoms with van der Waals surface area (Å²) in [5.41, 5.74) is 11.3. The summed E-state index contributed by atoms with van der Waals surface area (Å²) in [6.45, 7) is 0. The van der Waals surface area contributed by atoms with E-state index in [-0.39, 0.29) is 6.04 Å². The number of hydrogen-bond acceptors (Lipinski definition) is 8. The molecular weight excluding hydrogens is 404 g/mol. The summed E-state index contributed by atoms with van der Waals surface area (Å²) in [7, 11) is 0. The quantitative estimate of drug-likeness (QED) is 0.448. The van der Waals surface area contributed by atoms with E-state index >= 15 is 0 Å². The number of aromatic nitrogens is 4. The molecule has 3 heterocycles. The predicted octanol–water partition coefficient (Wildman–Crippen LogP) is 2.73. The lowest BCUT2D eigenvalue weighted by Gasteiger charge is -2.37. The van der Waals surface area contributed by atoms with Gasteiger partial charge in [0.05, 0.1) is 46.7 Å². The van der Waals surface area contributed by atoms with E-state index in [1.54, 1.807) is 29.2 Å². The summed E-state index contributed by atoms with van der Waals surface area (Å²) in [6, 6.07) is 15.4. The topological polar surface area (TPSA) is 129 Å². The maximum Gasteiger partial charge on any atom is 0.237 e. The first-order valence-electron chi connectivity index (χ1n) is 10.5. The van der Waals surface area contributed by atoms with Crippen molar-refractivity contribution in [1.29, 1.82) is 5.26 Å². The van der Waals surface area contributed by atoms with Crippen molar-refractivity contribution < 1.29 is 5.11 Å². The molecule has 0 bridgehead atoms. The summed E-state index contributed by atoms with van der Waals surface area (Å²) in [4.78, 5) is 15.8. The van der Waals surface area contributed by atoms with Crippen molar-refractivity contribution in [2.24, 2.45) is 5.73 Å². The van der Waals surface area contributed by atoms with Gasteiger partial charge in [-0.1, -0.05) is 24.3 Å². The molecule has 0 amide bonds. The maximum atomic E-state index is 10.5. The summed E-state index contributed by atoms with van der Waals surface area (Å²) in [5, 5.41) is 23.0. The van der Waals surface area contributed by atoms with Crippen LogP contribution in [0.1, 0.15) is 41.7 Å². The van der Waals surface area contributed by atoms with Gasteiger partial charge in [0.15, 0.2) is 12.1 Å². The van der Waals surface area contributed by atoms with Crippen molar-refractivity contribution in [3.63, 3.8) is 0 Å². The number of nitrogens with zero attached hydrogens (tertiary/aromatic N) is 6. The molecule has 1 aliphatic carbocycles. The molecule has 2 aromatic heterocycles. The lowest BCUT2D eigenvalue weighted by molar-refractivity contribution is 0.149. The lowest BCUT2D eigenvalue weighted by Crippen LogP contribution is -2.46. The van der Waals surface area contributed by atoms with Crippen LogP contribution < -0.4 is 16.0 Å². The second-order valence-corrected chi connectivity index (χ2v) is 8.07. The largest absolute Gasteiger partial charge is 0.388 e. The molecule has 0 radical (unpaired) electrons. The van der Waals surface area contributed by atoms with E-state index < -0.39 is 12.4 Å². The first-order valence-corrected chi connectivity index (χ1v) is 10.5. The molecule has 2 aliphatic rings. The average molecular weight is 424 g/mol. The zero-order valence-electron chi connectivity index (χ0n) is 17.1. The number of aliphatic hydroxyl groups excluding tert-OH is 1. The zero-order chi connectivity index (χ0) is 21.8. The van der Waals surface area contributed by atoms with Crippen LogP contribution in [0, 0.1) is 11.3 Å². The molecule has 0 fully saturated rings. The SMILES string of the molecule is N#Cc1ccc2ncn(-c3ncc4c(n3)N([C@@H]3CC[C@@H](O)c5ccccc53)C(N)N4)c2c1. The minimum absolute atomic E-state index is 0.0224. The first-order chi connectivity index (χ1) is 15.6. The average Bonchev–Trinajstić information content (AvgIpc) is 3.39. The molecule has 2 aromatic carbocycles. The highest BCUT2D eigenvalue weighted by molar-refractivity contribution is 5.79. The third-order valence-electron chi connectivity index (χ3n) is 6.26. The molecular formula is C23H20N8O. The lowest BCUT2D eigenvalue weighted by atomic mass is 9.85. The van der Waals surface area contributed by atoms with Crippen LogP contribution in [0.25, 0.3) is 17.0 Å². The van der Waals surface area contributed by atoms with Crippen LogP contribution >= 0.6 is 0 Å². The van der Waals surface area contributed by atoms with E-state index in [1.165, 1.54) is 0 Å². The Morgan fingerprint density at radius 2 is 1.97 bits per heavy atom. The molecule has 1 aliphatic heterocycles. The number of rotatable bonds is 2. The molecule has 158 valence electrons. The van der Waals surface area contributed by atoms with Crippen molar-refractivity contribution in [3.8, 4) is 12.0 Å². The fourth-order valence-electron chi connectivity index (χ4n) is 4.75. The van der Waals surface area contributed by atoms with E-state index in [2.05, 4.69) is 26.3 Å². The monoisotopic (exact) mass is 424 g/mol. The highest BCUT2D eigenvalue weighted by Gasteiger charge is 2.38. The van der Waals surface area contributed by atoms with E-state index in [0.717, 1.165) is 34.3 Å². The van der Waals surface area contributed by atoms with Crippen molar-refractivity contribution >= 4 is 22.5 Å². The number of nitrogens with two attached hydrogens (primary N) is 1. The molecule has 4 aromatic rings. The van der Waals surface area contributed by atoms with Gasteiger partial charge in [0.1, 0.15) is 6.33 Å². The van der Waals surface area contributed by atoms with Crippen LogP contribution in [0.5, 0.6) is 0 Å². The number of nitrogens with one attached hydrogen (secondary N) is 1. The number of imidazole rings is 1. The van der Waals surface area contributed by atoms with Crippen LogP contribution in [0.2, 0.25) is 0 Å². The molecule has 4 N–H and O–H groups in total. The van der Waals surface area contributed by atoms with Gasteiger partial charge in [0.25, 0.3) is 0 Å². The van der Waals surface area contributed by atoms with Gasteiger partial charge in [0, 0.05) is 0 Å². The van der Waals surface area contributed by atoms with Gasteiger partial charge >= 0.3 is 0 Å². The Morgan fingerprint density at radius 1 is 1.12 bits per heavy atom. The molecule has 6 rings (SSSR count). The van der Waals surface area contributed by atoms with Crippen molar-refractivity contribution in [3.05, 3.63) is 71.7 Å². The molecule has 1 unspecified atom stereocenters. The normalized spacial score (nSPS) is 21.7. The van der Waals surface area contributed by atoms with Gasteiger partial charge in [-0.15, -0.1) is 0 Å². The van der Waals surface area contributed by atoms with Gasteiger partial charge in [-0.2, -0.15) is 10.2 Å². The summed E-state index contributed by atoms with van der Waals surface area (Å²) in [6.07, 6.45) is 3.86. The van der Waals surface area contributed by atoms with Gasteiger partial charge in [-0.05, 0) is 42.2 Å². The standard InChI is InChI=1S/C23H20N8O/c24-10-13-5-6-16-19(9-13)30(12-27-16)23-26-11-17-21(29-23)31(22(25)28-17)18-7-8-20(32)15-4-2-1-3-14(15)18/h1-6,9,11-12,18,20,22,28,32H,7-8,25H2/t18-,20-,22?/m1/s1. The van der Waals surface area contributed by atoms with E-state index in [0.29, 0.717) is 23.8 Å². The minimum Gasteiger partial charge on any atom is -0.388 e. The van der Waals surface area contributed by atoms with Crippen LogP contribution in [0.15, 0.2) is 55.0 Å². The second-order valence-electron chi connectivity index (χ2n) is 8.07. The summed E-state index contributed by atoms with van der Waals surface area (Å²) < 4.78 is 1.77. The summed E-state index contributed by atoms with van der Waals surface area (Å²) in [5.74, 6) is 1.16. The van der Waals surface area contributed by atoms with E-state index in [1.807, 2.05) is 30.3 Å². The Balaban J connectivity index is 1.46. The third-order valence-corrected chi connectivity index (χ3v) is 6.26. The fourth-order valence-corrected chi connectivity index (χ4v) is 4.75. The molecule has 0 spiro atoms. The predicted molar refractivity (Wildman–Crippen MR) is 119 cm³/mol. The van der Waals surface area contributed by atoms with Crippen molar-refractivity contribution in [1.82, 2.24) is 19.5 Å². The Bertz CT molecular complexity index is 1390. The fraction of sp³-hybridized carbons (Fsp3) is 0.217. The zero-order valence-corrected chi connectivity index (χ0v) is 17.1. The molecule has 3 atom stereocenters. The smallest absolute Gasteiger partial charge is 0.237 e. The number of anilines is 2. The molecule has 9 heteroatoms. The van der Waals surface area contributed by atoms with Crippen molar-refractivity contribution in [2.75, 3.05) is 10.2 Å². The number of nitriles is 1. The highest BCUT2D eigenvalue weighted by Crippen LogP contribution is 2.45. The third kappa shape index (κ3) is 2.74. The van der Waals surface area contributed by atoms with E-state index in [4.69, 9.17) is 10.7 Å². The van der Waals surface area contributed by atoms with Gasteiger partial charge in [-0.3, -0.25) is 10.3 Å². The minimum atomic E-state index is -0.471. The number of benzene rings is 2. The Morgan fingerprint density at radius 3 is 2.81 bits per heavy atom. The maximum absolute atomic E-state index is 10.5. The van der Waals surface area contributed by atoms with Crippen LogP contribution in [-0.2, 0) is 0 Å². The summed E-state index contributed by atoms with van der Waals surface area (Å²) >= 11 is 0. The van der Waals surface area contributed by atoms with E-state index in [9.17, 15) is 10.4 Å². The van der Waals surface area contributed by atoms with Gasteiger partial charge in [0.2, 0.25) is 5.95 Å². The molecule has 0 saturated heterocycles. The first kappa shape index (κ1) is 18.7. The highest BCUT2D eigenvalue weighted by atomic mass is 16.3. The number of aliphatic hydroxyl groups is 1. The Labute approximate surface area is 183 Å². The number of fused-ring (bicyclic) bond motifs is 3. The van der Waals surface area contributed by atoms with Crippen LogP contribution in [0.4, 0.5) is 11.5 Å². The van der Waals surface area contributed by atoms with Gasteiger partial charge in [-0.25, -0.2) is 9.97 Å². The molecule has 32 heavy (non-hydrogen) atoms. The Hall–Kier alpha value is -4.00. The van der Waals surface area contributed by atoms with Crippen LogP contribution in [-0.4, -0.2) is 30.9 Å². The molecule has 0 saturated carbocycles. The second kappa shape index (κ2) is 7.02. The van der Waals surface area contributed by atoms with Crippen molar-refractivity contribution in [2.45, 2.75) is 31.3 Å².